The molecule has 0 fully saturated rings. The minimum atomic E-state index is -0.353. The Morgan fingerprint density at radius 3 is 2.11 bits per heavy atom. The van der Waals surface area contributed by atoms with Crippen LogP contribution in [0.1, 0.15) is 21.9 Å². The molecule has 2 aromatic heterocycles. The fourth-order valence-electron chi connectivity index (χ4n) is 4.69. The van der Waals surface area contributed by atoms with Crippen LogP contribution in [0.4, 0.5) is 11.4 Å². The van der Waals surface area contributed by atoms with Gasteiger partial charge in [-0.15, -0.1) is 22.7 Å². The number of thioether (sulfide) groups is 1. The maximum absolute atomic E-state index is 11.9. The summed E-state index contributed by atoms with van der Waals surface area (Å²) in [5, 5.41) is 12.1. The second-order valence-corrected chi connectivity index (χ2v) is 14.4. The average molecular weight is 647 g/mol. The quantitative estimate of drug-likeness (QED) is 0.0672. The Morgan fingerprint density at radius 1 is 0.727 bits per heavy atom. The van der Waals surface area contributed by atoms with Crippen molar-refractivity contribution in [2.45, 2.75) is 18.8 Å². The van der Waals surface area contributed by atoms with E-state index in [9.17, 15) is 10.1 Å². The van der Waals surface area contributed by atoms with Gasteiger partial charge >= 0.3 is 0 Å². The molecule has 0 N–H and O–H groups in total. The van der Waals surface area contributed by atoms with Gasteiger partial charge in [0.25, 0.3) is 5.69 Å². The van der Waals surface area contributed by atoms with Gasteiger partial charge in [-0.05, 0) is 53.1 Å². The average Bonchev–Trinajstić information content (AvgIpc) is 3.66. The Hall–Kier alpha value is -4.35. The van der Waals surface area contributed by atoms with Crippen LogP contribution < -0.4 is 0 Å². The summed E-state index contributed by atoms with van der Waals surface area (Å²) in [6.07, 6.45) is 1.66. The zero-order valence-corrected chi connectivity index (χ0v) is 26.2. The van der Waals surface area contributed by atoms with Crippen LogP contribution in [0.3, 0.4) is 0 Å². The molecule has 2 heterocycles. The van der Waals surface area contributed by atoms with E-state index in [2.05, 4.69) is 58.5 Å². The number of para-hydroxylation sites is 1. The molecule has 7 aromatic rings. The predicted molar refractivity (Wildman–Crippen MR) is 184 cm³/mol. The van der Waals surface area contributed by atoms with Crippen LogP contribution in [0.2, 0.25) is 0 Å². The second kappa shape index (κ2) is 12.7. The van der Waals surface area contributed by atoms with Crippen molar-refractivity contribution in [3.63, 3.8) is 0 Å². The van der Waals surface area contributed by atoms with Gasteiger partial charge in [0.2, 0.25) is 0 Å². The van der Waals surface area contributed by atoms with Gasteiger partial charge in [-0.25, -0.2) is 9.97 Å². The molecule has 0 aliphatic heterocycles. The Labute approximate surface area is 269 Å². The zero-order valence-electron chi connectivity index (χ0n) is 22.9. The molecule has 0 unspecified atom stereocenters. The SMILES string of the molecule is O=[N+]([O-])c1cc(C=Nc2ccc3nc(SC(c4ccccc4)c4ccccc4)sc3c2)ccc1Sc1nc2ccccc2s1. The van der Waals surface area contributed by atoms with Crippen LogP contribution in [0.25, 0.3) is 20.4 Å². The van der Waals surface area contributed by atoms with Crippen LogP contribution in [0, 0.1) is 10.1 Å². The maximum atomic E-state index is 11.9. The Balaban J connectivity index is 1.11. The summed E-state index contributed by atoms with van der Waals surface area (Å²) in [5.41, 5.74) is 5.71. The summed E-state index contributed by atoms with van der Waals surface area (Å²) < 4.78 is 3.84. The lowest BCUT2D eigenvalue weighted by Gasteiger charge is -2.16. The van der Waals surface area contributed by atoms with Gasteiger partial charge in [0.15, 0.2) is 8.68 Å². The van der Waals surface area contributed by atoms with Crippen LogP contribution in [0.5, 0.6) is 0 Å². The number of aliphatic imine (C=N–C) groups is 1. The molecule has 7 rings (SSSR count). The molecule has 5 aromatic carbocycles. The van der Waals surface area contributed by atoms with Crippen molar-refractivity contribution in [1.82, 2.24) is 9.97 Å². The number of nitrogens with zero attached hydrogens (tertiary/aromatic N) is 4. The molecule has 214 valence electrons. The molecular weight excluding hydrogens is 625 g/mol. The maximum Gasteiger partial charge on any atom is 0.283 e. The number of nitro groups is 1. The molecule has 0 bridgehead atoms. The van der Waals surface area contributed by atoms with Crippen molar-refractivity contribution in [3.05, 3.63) is 148 Å². The third-order valence-corrected chi connectivity index (χ3v) is 11.4. The fourth-order valence-corrected chi connectivity index (χ4v) is 9.22. The van der Waals surface area contributed by atoms with E-state index in [1.807, 2.05) is 60.7 Å². The molecule has 0 amide bonds. The summed E-state index contributed by atoms with van der Waals surface area (Å²) in [6.45, 7) is 0. The minimum absolute atomic E-state index is 0.0316. The first-order valence-electron chi connectivity index (χ1n) is 13.6. The first-order valence-corrected chi connectivity index (χ1v) is 16.9. The molecule has 10 heteroatoms. The lowest BCUT2D eigenvalue weighted by Crippen LogP contribution is -1.96. The number of fused-ring (bicyclic) bond motifs is 2. The molecule has 0 aliphatic carbocycles. The molecule has 0 saturated carbocycles. The smallest absolute Gasteiger partial charge is 0.258 e. The van der Waals surface area contributed by atoms with Crippen molar-refractivity contribution < 1.29 is 4.92 Å². The van der Waals surface area contributed by atoms with Crippen LogP contribution >= 0.6 is 46.2 Å². The summed E-state index contributed by atoms with van der Waals surface area (Å²) in [7, 11) is 0. The van der Waals surface area contributed by atoms with Crippen LogP contribution in [-0.2, 0) is 0 Å². The molecular formula is C34H22N4O2S4. The molecule has 0 atom stereocenters. The second-order valence-electron chi connectivity index (χ2n) is 9.74. The summed E-state index contributed by atoms with van der Waals surface area (Å²) in [5.74, 6) is 0. The van der Waals surface area contributed by atoms with Crippen molar-refractivity contribution in [2.75, 3.05) is 0 Å². The predicted octanol–water partition coefficient (Wildman–Crippen LogP) is 10.6. The fraction of sp³-hybridized carbons (Fsp3) is 0.0294. The number of rotatable bonds is 9. The van der Waals surface area contributed by atoms with Crippen molar-refractivity contribution >= 4 is 84.2 Å². The van der Waals surface area contributed by atoms with Crippen molar-refractivity contribution in [2.24, 2.45) is 4.99 Å². The largest absolute Gasteiger partial charge is 0.283 e. The topological polar surface area (TPSA) is 81.3 Å². The highest BCUT2D eigenvalue weighted by Crippen LogP contribution is 2.43. The summed E-state index contributed by atoms with van der Waals surface area (Å²) in [6, 6.07) is 39.9. The zero-order chi connectivity index (χ0) is 29.9. The first-order chi connectivity index (χ1) is 21.6. The summed E-state index contributed by atoms with van der Waals surface area (Å²) >= 11 is 6.22. The highest BCUT2D eigenvalue weighted by molar-refractivity contribution is 8.01. The molecule has 44 heavy (non-hydrogen) atoms. The lowest BCUT2D eigenvalue weighted by molar-refractivity contribution is -0.387. The highest BCUT2D eigenvalue weighted by atomic mass is 32.2. The van der Waals surface area contributed by atoms with E-state index in [1.54, 1.807) is 41.4 Å². The minimum Gasteiger partial charge on any atom is -0.258 e. The van der Waals surface area contributed by atoms with E-state index in [1.165, 1.54) is 34.2 Å². The van der Waals surface area contributed by atoms with E-state index < -0.39 is 0 Å². The monoisotopic (exact) mass is 646 g/mol. The Bertz CT molecular complexity index is 2060. The van der Waals surface area contributed by atoms with Gasteiger partial charge in [0.1, 0.15) is 0 Å². The highest BCUT2D eigenvalue weighted by Gasteiger charge is 2.19. The molecule has 0 spiro atoms. The molecule has 6 nitrogen and oxygen atoms in total. The third-order valence-electron chi connectivity index (χ3n) is 6.79. The van der Waals surface area contributed by atoms with Crippen LogP contribution in [0.15, 0.2) is 140 Å². The first kappa shape index (κ1) is 28.4. The van der Waals surface area contributed by atoms with Crippen molar-refractivity contribution in [3.8, 4) is 0 Å². The van der Waals surface area contributed by atoms with Gasteiger partial charge in [-0.3, -0.25) is 15.1 Å². The molecule has 0 aliphatic rings. The number of thiazole rings is 2. The summed E-state index contributed by atoms with van der Waals surface area (Å²) in [4.78, 5) is 26.3. The third kappa shape index (κ3) is 6.29. The van der Waals surface area contributed by atoms with E-state index in [4.69, 9.17) is 4.98 Å². The molecule has 0 radical (unpaired) electrons. The van der Waals surface area contributed by atoms with Gasteiger partial charge in [-0.2, -0.15) is 0 Å². The lowest BCUT2D eigenvalue weighted by atomic mass is 10.0. The number of aromatic nitrogens is 2. The van der Waals surface area contributed by atoms with Crippen LogP contribution in [-0.4, -0.2) is 21.1 Å². The van der Waals surface area contributed by atoms with Gasteiger partial charge in [0, 0.05) is 12.3 Å². The van der Waals surface area contributed by atoms with E-state index in [0.29, 0.717) is 10.5 Å². The normalized spacial score (nSPS) is 11.7. The van der Waals surface area contributed by atoms with E-state index in [0.717, 1.165) is 34.8 Å². The van der Waals surface area contributed by atoms with Crippen molar-refractivity contribution in [1.29, 1.82) is 0 Å². The molecule has 0 saturated heterocycles. The number of hydrogen-bond donors (Lipinski definition) is 0. The van der Waals surface area contributed by atoms with E-state index >= 15 is 0 Å². The number of benzene rings is 5. The van der Waals surface area contributed by atoms with Gasteiger partial charge in [-0.1, -0.05) is 102 Å². The number of hydrogen-bond acceptors (Lipinski definition) is 9. The Morgan fingerprint density at radius 2 is 1.39 bits per heavy atom. The standard InChI is InChI=1S/C34H22N4O2S4/c39-38(40)28-19-22(15-18-30(28)42-33-36-26-13-7-8-14-29(26)41-33)21-35-25-16-17-27-31(20-25)43-34(37-27)44-32(23-9-3-1-4-10-23)24-11-5-2-6-12-24/h1-21,32H. The van der Waals surface area contributed by atoms with E-state index in [-0.39, 0.29) is 15.9 Å². The number of nitro benzene ring substituents is 1. The van der Waals surface area contributed by atoms with Gasteiger partial charge < -0.3 is 0 Å². The van der Waals surface area contributed by atoms with Gasteiger partial charge in [0.05, 0.1) is 41.2 Å². The Kier molecular flexibility index (Phi) is 8.21.